The van der Waals surface area contributed by atoms with Gasteiger partial charge in [0.25, 0.3) is 5.91 Å². The van der Waals surface area contributed by atoms with Crippen molar-refractivity contribution in [2.24, 2.45) is 5.92 Å². The fourth-order valence-corrected chi connectivity index (χ4v) is 1.36. The molecule has 0 unspecified atom stereocenters. The van der Waals surface area contributed by atoms with Crippen LogP contribution >= 0.6 is 0 Å². The summed E-state index contributed by atoms with van der Waals surface area (Å²) in [4.78, 5) is 11.8. The molecule has 1 amide bonds. The van der Waals surface area contributed by atoms with Crippen LogP contribution in [-0.2, 0) is 9.53 Å². The van der Waals surface area contributed by atoms with Gasteiger partial charge in [-0.3, -0.25) is 4.79 Å². The van der Waals surface area contributed by atoms with Crippen molar-refractivity contribution in [1.82, 2.24) is 0 Å². The molecule has 0 heterocycles. The lowest BCUT2D eigenvalue weighted by molar-refractivity contribution is -0.126. The molecule has 17 heavy (non-hydrogen) atoms. The fourth-order valence-electron chi connectivity index (χ4n) is 1.36. The molecule has 0 saturated heterocycles. The van der Waals surface area contributed by atoms with E-state index in [1.165, 1.54) is 0 Å². The van der Waals surface area contributed by atoms with Crippen molar-refractivity contribution in [3.8, 4) is 0 Å². The molecule has 3 nitrogen and oxygen atoms in total. The molecule has 1 N–H and O–H groups in total. The molecule has 3 heteroatoms. The molecule has 0 bridgehead atoms. The number of amides is 1. The van der Waals surface area contributed by atoms with Gasteiger partial charge in [-0.25, -0.2) is 0 Å². The Morgan fingerprint density at radius 2 is 1.94 bits per heavy atom. The van der Waals surface area contributed by atoms with Gasteiger partial charge in [-0.1, -0.05) is 32.0 Å². The van der Waals surface area contributed by atoms with Crippen LogP contribution < -0.4 is 5.32 Å². The van der Waals surface area contributed by atoms with E-state index in [1.807, 2.05) is 31.2 Å². The van der Waals surface area contributed by atoms with E-state index in [2.05, 4.69) is 19.2 Å². The Bertz CT molecular complexity index is 374. The highest BCUT2D eigenvalue weighted by atomic mass is 16.5. The van der Waals surface area contributed by atoms with Crippen LogP contribution in [0.4, 0.5) is 5.69 Å². The first kappa shape index (κ1) is 13.7. The maximum Gasteiger partial charge on any atom is 0.253 e. The maximum atomic E-state index is 11.8. The zero-order valence-electron chi connectivity index (χ0n) is 11.0. The lowest BCUT2D eigenvalue weighted by atomic mass is 10.2. The van der Waals surface area contributed by atoms with E-state index in [4.69, 9.17) is 4.74 Å². The van der Waals surface area contributed by atoms with E-state index in [0.717, 1.165) is 11.3 Å². The highest BCUT2D eigenvalue weighted by molar-refractivity contribution is 5.94. The molecule has 0 aliphatic heterocycles. The van der Waals surface area contributed by atoms with Crippen molar-refractivity contribution in [1.29, 1.82) is 0 Å². The van der Waals surface area contributed by atoms with Gasteiger partial charge in [0.05, 0.1) is 0 Å². The Hall–Kier alpha value is -1.35. The molecule has 0 aliphatic rings. The van der Waals surface area contributed by atoms with Crippen LogP contribution in [-0.4, -0.2) is 18.6 Å². The second-order valence-electron chi connectivity index (χ2n) is 4.67. The molecule has 1 atom stereocenters. The first-order valence-electron chi connectivity index (χ1n) is 5.98. The van der Waals surface area contributed by atoms with Gasteiger partial charge >= 0.3 is 0 Å². The molecule has 0 aliphatic carbocycles. The summed E-state index contributed by atoms with van der Waals surface area (Å²) in [5.41, 5.74) is 1.90. The molecular formula is C14H21NO2. The summed E-state index contributed by atoms with van der Waals surface area (Å²) in [7, 11) is 0. The van der Waals surface area contributed by atoms with Gasteiger partial charge < -0.3 is 10.1 Å². The number of carbonyl (C=O) groups excluding carboxylic acids is 1. The third-order valence-corrected chi connectivity index (χ3v) is 2.45. The summed E-state index contributed by atoms with van der Waals surface area (Å²) < 4.78 is 5.47. The smallest absolute Gasteiger partial charge is 0.253 e. The van der Waals surface area contributed by atoms with Crippen molar-refractivity contribution >= 4 is 11.6 Å². The number of nitrogens with one attached hydrogen (secondary N) is 1. The Morgan fingerprint density at radius 1 is 1.29 bits per heavy atom. The minimum Gasteiger partial charge on any atom is -0.368 e. The van der Waals surface area contributed by atoms with Crippen LogP contribution in [0, 0.1) is 12.8 Å². The summed E-state index contributed by atoms with van der Waals surface area (Å²) in [5.74, 6) is 0.337. The molecule has 1 rings (SSSR count). The van der Waals surface area contributed by atoms with Gasteiger partial charge in [0, 0.05) is 12.3 Å². The molecule has 0 radical (unpaired) electrons. The fraction of sp³-hybridized carbons (Fsp3) is 0.500. The van der Waals surface area contributed by atoms with Crippen molar-refractivity contribution < 1.29 is 9.53 Å². The molecule has 0 aromatic heterocycles. The number of para-hydroxylation sites is 1. The predicted molar refractivity (Wildman–Crippen MR) is 70.1 cm³/mol. The van der Waals surface area contributed by atoms with E-state index in [0.29, 0.717) is 12.5 Å². The lowest BCUT2D eigenvalue weighted by Gasteiger charge is -2.15. The summed E-state index contributed by atoms with van der Waals surface area (Å²) in [6.07, 6.45) is -0.419. The van der Waals surface area contributed by atoms with Crippen molar-refractivity contribution in [2.75, 3.05) is 11.9 Å². The summed E-state index contributed by atoms with van der Waals surface area (Å²) in [6, 6.07) is 7.71. The molecular weight excluding hydrogens is 214 g/mol. The van der Waals surface area contributed by atoms with E-state index in [1.54, 1.807) is 6.92 Å². The van der Waals surface area contributed by atoms with E-state index >= 15 is 0 Å². The number of hydrogen-bond acceptors (Lipinski definition) is 2. The van der Waals surface area contributed by atoms with Crippen LogP contribution in [0.5, 0.6) is 0 Å². The van der Waals surface area contributed by atoms with E-state index < -0.39 is 6.10 Å². The number of aryl methyl sites for hydroxylation is 1. The number of anilines is 1. The second-order valence-corrected chi connectivity index (χ2v) is 4.67. The van der Waals surface area contributed by atoms with Gasteiger partial charge in [-0.2, -0.15) is 0 Å². The topological polar surface area (TPSA) is 38.3 Å². The zero-order valence-corrected chi connectivity index (χ0v) is 11.0. The molecule has 1 aromatic carbocycles. The van der Waals surface area contributed by atoms with Gasteiger partial charge in [-0.05, 0) is 31.4 Å². The van der Waals surface area contributed by atoms with Crippen LogP contribution in [0.1, 0.15) is 26.3 Å². The Morgan fingerprint density at radius 3 is 2.53 bits per heavy atom. The van der Waals surface area contributed by atoms with Crippen LogP contribution in [0.3, 0.4) is 0 Å². The lowest BCUT2D eigenvalue weighted by Crippen LogP contribution is -2.29. The Labute approximate surface area is 103 Å². The number of rotatable bonds is 5. The van der Waals surface area contributed by atoms with Crippen molar-refractivity contribution in [2.45, 2.75) is 33.8 Å². The Kier molecular flexibility index (Phi) is 5.16. The molecule has 0 spiro atoms. The molecule has 1 aromatic rings. The highest BCUT2D eigenvalue weighted by Crippen LogP contribution is 2.13. The minimum atomic E-state index is -0.419. The van der Waals surface area contributed by atoms with Gasteiger partial charge in [-0.15, -0.1) is 0 Å². The van der Waals surface area contributed by atoms with Gasteiger partial charge in [0.1, 0.15) is 6.10 Å². The maximum absolute atomic E-state index is 11.8. The monoisotopic (exact) mass is 235 g/mol. The average molecular weight is 235 g/mol. The van der Waals surface area contributed by atoms with Gasteiger partial charge in [0.2, 0.25) is 0 Å². The quantitative estimate of drug-likeness (QED) is 0.852. The van der Waals surface area contributed by atoms with Crippen molar-refractivity contribution in [3.05, 3.63) is 29.8 Å². The normalized spacial score (nSPS) is 12.5. The minimum absolute atomic E-state index is 0.0973. The predicted octanol–water partition coefficient (Wildman–Crippen LogP) is 2.99. The van der Waals surface area contributed by atoms with Crippen LogP contribution in [0.2, 0.25) is 0 Å². The first-order valence-corrected chi connectivity index (χ1v) is 5.98. The van der Waals surface area contributed by atoms with Crippen LogP contribution in [0.15, 0.2) is 24.3 Å². The standard InChI is InChI=1S/C14H21NO2/c1-10(2)9-17-12(4)14(16)15-13-8-6-5-7-11(13)3/h5-8,10,12H,9H2,1-4H3,(H,15,16)/t12-/m1/s1. The second kappa shape index (κ2) is 6.40. The summed E-state index contributed by atoms with van der Waals surface area (Å²) in [5, 5.41) is 2.87. The zero-order chi connectivity index (χ0) is 12.8. The van der Waals surface area contributed by atoms with Gasteiger partial charge in [0.15, 0.2) is 0 Å². The SMILES string of the molecule is Cc1ccccc1NC(=O)[C@@H](C)OCC(C)C. The van der Waals surface area contributed by atoms with E-state index in [-0.39, 0.29) is 5.91 Å². The van der Waals surface area contributed by atoms with Crippen LogP contribution in [0.25, 0.3) is 0 Å². The molecule has 94 valence electrons. The highest BCUT2D eigenvalue weighted by Gasteiger charge is 2.14. The largest absolute Gasteiger partial charge is 0.368 e. The molecule has 0 saturated carbocycles. The summed E-state index contributed by atoms with van der Waals surface area (Å²) >= 11 is 0. The third-order valence-electron chi connectivity index (χ3n) is 2.45. The number of hydrogen-bond donors (Lipinski definition) is 1. The molecule has 0 fully saturated rings. The first-order chi connectivity index (χ1) is 8.00. The average Bonchev–Trinajstić information content (AvgIpc) is 2.28. The summed E-state index contributed by atoms with van der Waals surface area (Å²) in [6.45, 7) is 8.46. The Balaban J connectivity index is 2.52. The number of carbonyl (C=O) groups is 1. The number of ether oxygens (including phenoxy) is 1. The van der Waals surface area contributed by atoms with E-state index in [9.17, 15) is 4.79 Å². The third kappa shape index (κ3) is 4.57. The van der Waals surface area contributed by atoms with Crippen molar-refractivity contribution in [3.63, 3.8) is 0 Å². The number of benzene rings is 1.